The van der Waals surface area contributed by atoms with Gasteiger partial charge in [0.15, 0.2) is 0 Å². The number of unbranched alkanes of at least 4 members (excludes halogenated alkanes) is 1. The summed E-state index contributed by atoms with van der Waals surface area (Å²) in [5, 5.41) is 9.16. The van der Waals surface area contributed by atoms with E-state index in [4.69, 9.17) is 21.4 Å². The molecule has 88 valence electrons. The number of ether oxygens (including phenoxy) is 1. The van der Waals surface area contributed by atoms with Crippen molar-refractivity contribution in [3.63, 3.8) is 0 Å². The topological polar surface area (TPSA) is 46.5 Å². The fourth-order valence-electron chi connectivity index (χ4n) is 1.28. The molecule has 0 saturated carbocycles. The number of aliphatic carboxylic acids is 1. The van der Waals surface area contributed by atoms with Gasteiger partial charge in [-0.3, -0.25) is 4.79 Å². The van der Waals surface area contributed by atoms with E-state index in [2.05, 4.69) is 0 Å². The van der Waals surface area contributed by atoms with E-state index >= 15 is 0 Å². The van der Waals surface area contributed by atoms with Crippen molar-refractivity contribution in [1.29, 1.82) is 0 Å². The summed E-state index contributed by atoms with van der Waals surface area (Å²) in [6.45, 7) is 2.45. The molecule has 0 amide bonds. The molecule has 0 aliphatic heterocycles. The molecular weight excluding hydrogens is 228 g/mol. The molecule has 0 fully saturated rings. The van der Waals surface area contributed by atoms with E-state index in [-0.39, 0.29) is 6.42 Å². The normalized spacial score (nSPS) is 10.1. The Morgan fingerprint density at radius 3 is 2.81 bits per heavy atom. The van der Waals surface area contributed by atoms with Crippen LogP contribution in [0.5, 0.6) is 5.75 Å². The first-order valence-corrected chi connectivity index (χ1v) is 5.58. The monoisotopic (exact) mass is 242 g/mol. The quantitative estimate of drug-likeness (QED) is 0.779. The van der Waals surface area contributed by atoms with Crippen molar-refractivity contribution in [2.75, 3.05) is 6.61 Å². The van der Waals surface area contributed by atoms with Gasteiger partial charge in [-0.1, -0.05) is 11.6 Å². The summed E-state index contributed by atoms with van der Waals surface area (Å²) in [5.41, 5.74) is 0.977. The number of benzene rings is 1. The van der Waals surface area contributed by atoms with Crippen LogP contribution in [0.15, 0.2) is 18.2 Å². The highest BCUT2D eigenvalue weighted by Crippen LogP contribution is 2.21. The lowest BCUT2D eigenvalue weighted by molar-refractivity contribution is -0.137. The number of rotatable bonds is 6. The summed E-state index contributed by atoms with van der Waals surface area (Å²) in [4.78, 5) is 10.3. The van der Waals surface area contributed by atoms with Crippen LogP contribution in [0.2, 0.25) is 5.02 Å². The van der Waals surface area contributed by atoms with Crippen LogP contribution in [-0.4, -0.2) is 17.7 Å². The van der Waals surface area contributed by atoms with Gasteiger partial charge in [-0.25, -0.2) is 0 Å². The molecule has 1 N–H and O–H groups in total. The predicted octanol–water partition coefficient (Wildman–Crippen LogP) is 3.28. The fraction of sp³-hybridized carbons (Fsp3) is 0.417. The van der Waals surface area contributed by atoms with Crippen LogP contribution in [0.25, 0.3) is 0 Å². The fourth-order valence-corrected chi connectivity index (χ4v) is 1.39. The average Bonchev–Trinajstić information content (AvgIpc) is 2.22. The minimum atomic E-state index is -0.762. The lowest BCUT2D eigenvalue weighted by Crippen LogP contribution is -2.00. The first kappa shape index (κ1) is 12.8. The van der Waals surface area contributed by atoms with E-state index in [0.717, 1.165) is 22.8 Å². The van der Waals surface area contributed by atoms with Crippen molar-refractivity contribution in [3.8, 4) is 5.75 Å². The van der Waals surface area contributed by atoms with Gasteiger partial charge in [0.25, 0.3) is 0 Å². The molecule has 0 aromatic heterocycles. The number of carboxylic acids is 1. The SMILES string of the molecule is Cc1cc(OCCCCC(=O)O)ccc1Cl. The number of halogens is 1. The Morgan fingerprint density at radius 2 is 2.19 bits per heavy atom. The average molecular weight is 243 g/mol. The highest BCUT2D eigenvalue weighted by molar-refractivity contribution is 6.31. The van der Waals surface area contributed by atoms with Crippen molar-refractivity contribution in [3.05, 3.63) is 28.8 Å². The maximum atomic E-state index is 10.3. The minimum Gasteiger partial charge on any atom is -0.494 e. The van der Waals surface area contributed by atoms with Gasteiger partial charge < -0.3 is 9.84 Å². The zero-order chi connectivity index (χ0) is 12.0. The van der Waals surface area contributed by atoms with Gasteiger partial charge in [0, 0.05) is 11.4 Å². The second-order valence-corrected chi connectivity index (χ2v) is 4.02. The molecule has 0 unspecified atom stereocenters. The van der Waals surface area contributed by atoms with Crippen LogP contribution in [0, 0.1) is 6.92 Å². The van der Waals surface area contributed by atoms with E-state index in [1.165, 1.54) is 0 Å². The second-order valence-electron chi connectivity index (χ2n) is 3.61. The molecule has 1 aromatic carbocycles. The molecular formula is C12H15ClO3. The Bertz CT molecular complexity index is 363. The van der Waals surface area contributed by atoms with Crippen LogP contribution in [-0.2, 0) is 4.79 Å². The Morgan fingerprint density at radius 1 is 1.44 bits per heavy atom. The molecule has 1 rings (SSSR count). The molecule has 0 aliphatic rings. The molecule has 0 bridgehead atoms. The summed E-state index contributed by atoms with van der Waals surface area (Å²) in [5.74, 6) is 0.0135. The molecule has 0 atom stereocenters. The Kier molecular flexibility index (Phi) is 5.12. The summed E-state index contributed by atoms with van der Waals surface area (Å²) in [6, 6.07) is 5.48. The number of hydrogen-bond donors (Lipinski definition) is 1. The Balaban J connectivity index is 2.27. The number of carbonyl (C=O) groups is 1. The highest BCUT2D eigenvalue weighted by atomic mass is 35.5. The maximum absolute atomic E-state index is 10.3. The maximum Gasteiger partial charge on any atom is 0.303 e. The minimum absolute atomic E-state index is 0.197. The van der Waals surface area contributed by atoms with Gasteiger partial charge in [-0.2, -0.15) is 0 Å². The summed E-state index contributed by atoms with van der Waals surface area (Å²) >= 11 is 5.88. The van der Waals surface area contributed by atoms with Gasteiger partial charge in [-0.15, -0.1) is 0 Å². The van der Waals surface area contributed by atoms with Crippen LogP contribution in [0.3, 0.4) is 0 Å². The van der Waals surface area contributed by atoms with Crippen molar-refractivity contribution in [2.45, 2.75) is 26.2 Å². The zero-order valence-corrected chi connectivity index (χ0v) is 9.96. The van der Waals surface area contributed by atoms with E-state index in [1.54, 1.807) is 6.07 Å². The Labute approximate surface area is 100.0 Å². The third-order valence-electron chi connectivity index (χ3n) is 2.18. The lowest BCUT2D eigenvalue weighted by Gasteiger charge is -2.07. The lowest BCUT2D eigenvalue weighted by atomic mass is 10.2. The molecule has 4 heteroatoms. The van der Waals surface area contributed by atoms with E-state index in [1.807, 2.05) is 19.1 Å². The number of aryl methyl sites for hydroxylation is 1. The molecule has 0 saturated heterocycles. The number of carboxylic acid groups (broad SMARTS) is 1. The molecule has 0 heterocycles. The van der Waals surface area contributed by atoms with Crippen molar-refractivity contribution in [1.82, 2.24) is 0 Å². The van der Waals surface area contributed by atoms with Gasteiger partial charge >= 0.3 is 5.97 Å². The van der Waals surface area contributed by atoms with Crippen LogP contribution >= 0.6 is 11.6 Å². The second kappa shape index (κ2) is 6.38. The standard InChI is InChI=1S/C12H15ClO3/c1-9-8-10(5-6-11(9)13)16-7-3-2-4-12(14)15/h5-6,8H,2-4,7H2,1H3,(H,14,15). The van der Waals surface area contributed by atoms with Crippen molar-refractivity contribution < 1.29 is 14.6 Å². The molecule has 0 spiro atoms. The third kappa shape index (κ3) is 4.53. The van der Waals surface area contributed by atoms with Crippen LogP contribution < -0.4 is 4.74 Å². The van der Waals surface area contributed by atoms with Gasteiger partial charge in [0.1, 0.15) is 5.75 Å². The molecule has 1 aromatic rings. The predicted molar refractivity (Wildman–Crippen MR) is 63.2 cm³/mol. The smallest absolute Gasteiger partial charge is 0.303 e. The Hall–Kier alpha value is -1.22. The zero-order valence-electron chi connectivity index (χ0n) is 9.20. The third-order valence-corrected chi connectivity index (χ3v) is 2.61. The van der Waals surface area contributed by atoms with Crippen LogP contribution in [0.4, 0.5) is 0 Å². The van der Waals surface area contributed by atoms with Crippen LogP contribution in [0.1, 0.15) is 24.8 Å². The molecule has 0 aliphatic carbocycles. The first-order valence-electron chi connectivity index (χ1n) is 5.20. The molecule has 3 nitrogen and oxygen atoms in total. The van der Waals surface area contributed by atoms with E-state index < -0.39 is 5.97 Å². The van der Waals surface area contributed by atoms with E-state index in [0.29, 0.717) is 13.0 Å². The number of hydrogen-bond acceptors (Lipinski definition) is 2. The molecule has 16 heavy (non-hydrogen) atoms. The highest BCUT2D eigenvalue weighted by Gasteiger charge is 1.99. The van der Waals surface area contributed by atoms with Crippen molar-refractivity contribution in [2.24, 2.45) is 0 Å². The van der Waals surface area contributed by atoms with Gasteiger partial charge in [-0.05, 0) is 43.5 Å². The largest absolute Gasteiger partial charge is 0.494 e. The summed E-state index contributed by atoms with van der Waals surface area (Å²) in [7, 11) is 0. The van der Waals surface area contributed by atoms with Gasteiger partial charge in [0.2, 0.25) is 0 Å². The summed E-state index contributed by atoms with van der Waals surface area (Å²) < 4.78 is 5.47. The summed E-state index contributed by atoms with van der Waals surface area (Å²) in [6.07, 6.45) is 1.58. The van der Waals surface area contributed by atoms with Gasteiger partial charge in [0.05, 0.1) is 6.61 Å². The molecule has 0 radical (unpaired) electrons. The van der Waals surface area contributed by atoms with Crippen molar-refractivity contribution >= 4 is 17.6 Å². The first-order chi connectivity index (χ1) is 7.59. The van der Waals surface area contributed by atoms with E-state index in [9.17, 15) is 4.79 Å².